The van der Waals surface area contributed by atoms with Crippen molar-refractivity contribution in [2.45, 2.75) is 6.54 Å². The molecule has 0 atom stereocenters. The van der Waals surface area contributed by atoms with E-state index in [0.29, 0.717) is 25.2 Å². The summed E-state index contributed by atoms with van der Waals surface area (Å²) in [6, 6.07) is 9.77. The van der Waals surface area contributed by atoms with Crippen molar-refractivity contribution >= 4 is 5.91 Å². The van der Waals surface area contributed by atoms with Crippen LogP contribution in [0.3, 0.4) is 0 Å². The third-order valence-corrected chi connectivity index (χ3v) is 2.75. The summed E-state index contributed by atoms with van der Waals surface area (Å²) in [6.45, 7) is 1.81. The lowest BCUT2D eigenvalue weighted by molar-refractivity contribution is 0.0953. The Balaban J connectivity index is 1.64. The Bertz CT molecular complexity index is 543. The lowest BCUT2D eigenvalue weighted by Crippen LogP contribution is -2.31. The van der Waals surface area contributed by atoms with Crippen LogP contribution in [-0.4, -0.2) is 24.0 Å². The zero-order valence-electron chi connectivity index (χ0n) is 11.0. The number of hydrogen-bond acceptors (Lipinski definition) is 3. The quantitative estimate of drug-likeness (QED) is 0.788. The lowest BCUT2D eigenvalue weighted by Gasteiger charge is -2.07. The first kappa shape index (κ1) is 14.1. The molecule has 2 rings (SSSR count). The SMILES string of the molecule is O=C(NCCNCc1ccc(F)cc1)c1cccnc1. The van der Waals surface area contributed by atoms with Crippen LogP contribution in [0.4, 0.5) is 4.39 Å². The molecule has 0 saturated carbocycles. The van der Waals surface area contributed by atoms with E-state index in [1.807, 2.05) is 0 Å². The second-order valence-electron chi connectivity index (χ2n) is 4.30. The van der Waals surface area contributed by atoms with Crippen molar-refractivity contribution in [1.29, 1.82) is 0 Å². The van der Waals surface area contributed by atoms with E-state index in [1.165, 1.54) is 18.3 Å². The van der Waals surface area contributed by atoms with E-state index >= 15 is 0 Å². The van der Waals surface area contributed by atoms with Gasteiger partial charge in [0.15, 0.2) is 0 Å². The number of halogens is 1. The highest BCUT2D eigenvalue weighted by Crippen LogP contribution is 2.01. The fraction of sp³-hybridized carbons (Fsp3) is 0.200. The monoisotopic (exact) mass is 273 g/mol. The zero-order chi connectivity index (χ0) is 14.2. The third-order valence-electron chi connectivity index (χ3n) is 2.75. The minimum atomic E-state index is -0.238. The maximum Gasteiger partial charge on any atom is 0.252 e. The Hall–Kier alpha value is -2.27. The summed E-state index contributed by atoms with van der Waals surface area (Å²) in [7, 11) is 0. The van der Waals surface area contributed by atoms with Crippen LogP contribution in [0, 0.1) is 5.82 Å². The number of aromatic nitrogens is 1. The number of carbonyl (C=O) groups excluding carboxylic acids is 1. The van der Waals surface area contributed by atoms with Gasteiger partial charge < -0.3 is 10.6 Å². The minimum absolute atomic E-state index is 0.137. The van der Waals surface area contributed by atoms with Crippen LogP contribution in [0.5, 0.6) is 0 Å². The number of hydrogen-bond donors (Lipinski definition) is 2. The lowest BCUT2D eigenvalue weighted by atomic mass is 10.2. The molecule has 0 radical (unpaired) electrons. The Morgan fingerprint density at radius 3 is 2.65 bits per heavy atom. The second-order valence-corrected chi connectivity index (χ2v) is 4.30. The highest BCUT2D eigenvalue weighted by molar-refractivity contribution is 5.93. The van der Waals surface area contributed by atoms with Crippen molar-refractivity contribution < 1.29 is 9.18 Å². The molecule has 0 aliphatic heterocycles. The number of nitrogens with one attached hydrogen (secondary N) is 2. The van der Waals surface area contributed by atoms with Crippen molar-refractivity contribution in [3.8, 4) is 0 Å². The fourth-order valence-electron chi connectivity index (χ4n) is 1.70. The molecule has 2 N–H and O–H groups in total. The average molecular weight is 273 g/mol. The number of amides is 1. The summed E-state index contributed by atoms with van der Waals surface area (Å²) < 4.78 is 12.7. The number of pyridine rings is 1. The van der Waals surface area contributed by atoms with Gasteiger partial charge in [-0.2, -0.15) is 0 Å². The van der Waals surface area contributed by atoms with E-state index in [4.69, 9.17) is 0 Å². The first-order valence-electron chi connectivity index (χ1n) is 6.39. The number of benzene rings is 1. The highest BCUT2D eigenvalue weighted by Gasteiger charge is 2.03. The molecule has 0 bridgehead atoms. The molecule has 0 spiro atoms. The first-order chi connectivity index (χ1) is 9.75. The van der Waals surface area contributed by atoms with Gasteiger partial charge in [-0.25, -0.2) is 4.39 Å². The highest BCUT2D eigenvalue weighted by atomic mass is 19.1. The summed E-state index contributed by atoms with van der Waals surface area (Å²) in [5, 5.41) is 5.97. The van der Waals surface area contributed by atoms with E-state index in [0.717, 1.165) is 5.56 Å². The Labute approximate surface area is 117 Å². The van der Waals surface area contributed by atoms with Gasteiger partial charge in [0, 0.05) is 32.0 Å². The number of rotatable bonds is 6. The molecule has 104 valence electrons. The van der Waals surface area contributed by atoms with Gasteiger partial charge in [-0.1, -0.05) is 12.1 Å². The van der Waals surface area contributed by atoms with Crippen LogP contribution in [0.15, 0.2) is 48.8 Å². The van der Waals surface area contributed by atoms with Gasteiger partial charge in [-0.15, -0.1) is 0 Å². The van der Waals surface area contributed by atoms with E-state index in [2.05, 4.69) is 15.6 Å². The molecule has 0 aliphatic carbocycles. The third kappa shape index (κ3) is 4.44. The molecule has 1 aromatic heterocycles. The van der Waals surface area contributed by atoms with E-state index < -0.39 is 0 Å². The molecule has 0 unspecified atom stereocenters. The topological polar surface area (TPSA) is 54.0 Å². The second kappa shape index (κ2) is 7.35. The molecular formula is C15H16FN3O. The average Bonchev–Trinajstić information content (AvgIpc) is 2.49. The Morgan fingerprint density at radius 1 is 1.15 bits per heavy atom. The molecule has 1 aromatic carbocycles. The normalized spacial score (nSPS) is 10.2. The predicted molar refractivity (Wildman–Crippen MR) is 74.7 cm³/mol. The Morgan fingerprint density at radius 2 is 1.95 bits per heavy atom. The summed E-state index contributed by atoms with van der Waals surface area (Å²) >= 11 is 0. The van der Waals surface area contributed by atoms with Gasteiger partial charge in [-0.05, 0) is 29.8 Å². The standard InChI is InChI=1S/C15H16FN3O/c16-14-5-3-12(4-6-14)10-18-8-9-19-15(20)13-2-1-7-17-11-13/h1-7,11,18H,8-10H2,(H,19,20). The van der Waals surface area contributed by atoms with Crippen molar-refractivity contribution in [1.82, 2.24) is 15.6 Å². The molecule has 0 saturated heterocycles. The number of carbonyl (C=O) groups is 1. The molecule has 20 heavy (non-hydrogen) atoms. The molecule has 5 heteroatoms. The molecular weight excluding hydrogens is 257 g/mol. The van der Waals surface area contributed by atoms with Gasteiger partial charge in [-0.3, -0.25) is 9.78 Å². The van der Waals surface area contributed by atoms with E-state index in [1.54, 1.807) is 30.5 Å². The first-order valence-corrected chi connectivity index (χ1v) is 6.39. The van der Waals surface area contributed by atoms with Crippen LogP contribution >= 0.6 is 0 Å². The van der Waals surface area contributed by atoms with Crippen LogP contribution in [-0.2, 0) is 6.54 Å². The van der Waals surface area contributed by atoms with E-state index in [9.17, 15) is 9.18 Å². The van der Waals surface area contributed by atoms with Gasteiger partial charge >= 0.3 is 0 Å². The van der Waals surface area contributed by atoms with Gasteiger partial charge in [0.1, 0.15) is 5.82 Å². The molecule has 0 fully saturated rings. The van der Waals surface area contributed by atoms with E-state index in [-0.39, 0.29) is 11.7 Å². The van der Waals surface area contributed by atoms with Gasteiger partial charge in [0.05, 0.1) is 5.56 Å². The van der Waals surface area contributed by atoms with Crippen LogP contribution < -0.4 is 10.6 Å². The van der Waals surface area contributed by atoms with Crippen molar-refractivity contribution in [3.63, 3.8) is 0 Å². The van der Waals surface area contributed by atoms with Crippen LogP contribution in [0.25, 0.3) is 0 Å². The van der Waals surface area contributed by atoms with Crippen molar-refractivity contribution in [3.05, 3.63) is 65.7 Å². The van der Waals surface area contributed by atoms with Crippen molar-refractivity contribution in [2.24, 2.45) is 0 Å². The summed E-state index contributed by atoms with van der Waals surface area (Å²) in [6.07, 6.45) is 3.16. The molecule has 1 amide bonds. The zero-order valence-corrected chi connectivity index (χ0v) is 11.0. The smallest absolute Gasteiger partial charge is 0.252 e. The Kier molecular flexibility index (Phi) is 5.20. The largest absolute Gasteiger partial charge is 0.351 e. The van der Waals surface area contributed by atoms with Gasteiger partial charge in [0.25, 0.3) is 5.91 Å². The molecule has 4 nitrogen and oxygen atoms in total. The van der Waals surface area contributed by atoms with Crippen LogP contribution in [0.2, 0.25) is 0 Å². The summed E-state index contributed by atoms with van der Waals surface area (Å²) in [5.41, 5.74) is 1.55. The maximum atomic E-state index is 12.7. The fourth-order valence-corrected chi connectivity index (χ4v) is 1.70. The van der Waals surface area contributed by atoms with Gasteiger partial charge in [0.2, 0.25) is 0 Å². The van der Waals surface area contributed by atoms with Crippen molar-refractivity contribution in [2.75, 3.05) is 13.1 Å². The summed E-state index contributed by atoms with van der Waals surface area (Å²) in [4.78, 5) is 15.6. The summed E-state index contributed by atoms with van der Waals surface area (Å²) in [5.74, 6) is -0.376. The minimum Gasteiger partial charge on any atom is -0.351 e. The molecule has 1 heterocycles. The molecule has 2 aromatic rings. The molecule has 0 aliphatic rings. The predicted octanol–water partition coefficient (Wildman–Crippen LogP) is 1.74. The number of nitrogens with zero attached hydrogens (tertiary/aromatic N) is 1. The maximum absolute atomic E-state index is 12.7. The van der Waals surface area contributed by atoms with Crippen LogP contribution in [0.1, 0.15) is 15.9 Å².